The highest BCUT2D eigenvalue weighted by molar-refractivity contribution is 5.94. The van der Waals surface area contributed by atoms with Crippen LogP contribution in [0, 0.1) is 0 Å². The van der Waals surface area contributed by atoms with Crippen LogP contribution in [0.4, 0.5) is 0 Å². The number of rotatable bonds is 3. The largest absolute Gasteiger partial charge is 0.465 e. The molecule has 2 heterocycles. The van der Waals surface area contributed by atoms with E-state index in [2.05, 4.69) is 19.9 Å². The van der Waals surface area contributed by atoms with Crippen LogP contribution in [0.25, 0.3) is 10.9 Å². The molecule has 0 amide bonds. The van der Waals surface area contributed by atoms with Gasteiger partial charge in [-0.3, -0.25) is 4.79 Å². The van der Waals surface area contributed by atoms with Gasteiger partial charge in [0.05, 0.1) is 29.3 Å². The molecule has 0 radical (unpaired) electrons. The SMILES string of the molecule is CCC1=NOC(c2nc3cc(C(=O)OC)ccc3c(=O)[nH]2)C1. The number of carbonyl (C=O) groups excluding carboxylic acids is 1. The summed E-state index contributed by atoms with van der Waals surface area (Å²) in [5.74, 6) is -0.0639. The Labute approximate surface area is 126 Å². The molecule has 1 aromatic carbocycles. The molecule has 1 aromatic heterocycles. The van der Waals surface area contributed by atoms with Gasteiger partial charge in [-0.05, 0) is 24.6 Å². The molecule has 7 nitrogen and oxygen atoms in total. The number of methoxy groups -OCH3 is 1. The van der Waals surface area contributed by atoms with E-state index >= 15 is 0 Å². The van der Waals surface area contributed by atoms with Crippen molar-refractivity contribution < 1.29 is 14.4 Å². The van der Waals surface area contributed by atoms with E-state index in [0.29, 0.717) is 28.7 Å². The Morgan fingerprint density at radius 1 is 1.50 bits per heavy atom. The molecule has 0 spiro atoms. The predicted octanol–water partition coefficient (Wildman–Crippen LogP) is 1.94. The molecule has 7 heteroatoms. The number of hydrogen-bond donors (Lipinski definition) is 1. The van der Waals surface area contributed by atoms with E-state index in [4.69, 9.17) is 4.84 Å². The summed E-state index contributed by atoms with van der Waals surface area (Å²) in [6.45, 7) is 1.99. The van der Waals surface area contributed by atoms with Crippen LogP contribution in [0.3, 0.4) is 0 Å². The zero-order valence-electron chi connectivity index (χ0n) is 12.3. The van der Waals surface area contributed by atoms with Gasteiger partial charge in [0.1, 0.15) is 0 Å². The number of ether oxygens (including phenoxy) is 1. The maximum Gasteiger partial charge on any atom is 0.337 e. The number of H-pyrrole nitrogens is 1. The van der Waals surface area contributed by atoms with Gasteiger partial charge in [-0.15, -0.1) is 0 Å². The van der Waals surface area contributed by atoms with Gasteiger partial charge >= 0.3 is 5.97 Å². The number of aromatic nitrogens is 2. The highest BCUT2D eigenvalue weighted by Gasteiger charge is 2.24. The molecule has 1 unspecified atom stereocenters. The number of nitrogens with one attached hydrogen (secondary N) is 1. The van der Waals surface area contributed by atoms with Gasteiger partial charge < -0.3 is 14.6 Å². The van der Waals surface area contributed by atoms with E-state index < -0.39 is 12.1 Å². The van der Waals surface area contributed by atoms with Crippen LogP contribution < -0.4 is 5.56 Å². The second-order valence-electron chi connectivity index (χ2n) is 4.98. The maximum atomic E-state index is 12.2. The molecular formula is C15H15N3O4. The summed E-state index contributed by atoms with van der Waals surface area (Å²) in [6.07, 6.45) is 0.997. The lowest BCUT2D eigenvalue weighted by Gasteiger charge is -2.08. The second kappa shape index (κ2) is 5.59. The lowest BCUT2D eigenvalue weighted by Crippen LogP contribution is -2.15. The fourth-order valence-corrected chi connectivity index (χ4v) is 2.34. The van der Waals surface area contributed by atoms with Crippen molar-refractivity contribution in [3.05, 3.63) is 39.9 Å². The third-order valence-corrected chi connectivity index (χ3v) is 3.59. The van der Waals surface area contributed by atoms with Crippen molar-refractivity contribution in [3.63, 3.8) is 0 Å². The van der Waals surface area contributed by atoms with E-state index in [0.717, 1.165) is 12.1 Å². The first-order valence-corrected chi connectivity index (χ1v) is 6.96. The minimum Gasteiger partial charge on any atom is -0.465 e. The number of nitrogens with zero attached hydrogens (tertiary/aromatic N) is 2. The number of carbonyl (C=O) groups is 1. The van der Waals surface area contributed by atoms with Crippen molar-refractivity contribution >= 4 is 22.6 Å². The Morgan fingerprint density at radius 2 is 2.32 bits per heavy atom. The summed E-state index contributed by atoms with van der Waals surface area (Å²) in [5.41, 5.74) is 1.42. The molecular weight excluding hydrogens is 286 g/mol. The van der Waals surface area contributed by atoms with E-state index in [1.54, 1.807) is 6.07 Å². The second-order valence-corrected chi connectivity index (χ2v) is 4.98. The lowest BCUT2D eigenvalue weighted by atomic mass is 10.1. The molecule has 2 aromatic rings. The van der Waals surface area contributed by atoms with Crippen LogP contribution in [0.2, 0.25) is 0 Å². The number of aromatic amines is 1. The summed E-state index contributed by atoms with van der Waals surface area (Å²) < 4.78 is 4.68. The summed E-state index contributed by atoms with van der Waals surface area (Å²) in [6, 6.07) is 4.63. The Morgan fingerprint density at radius 3 is 3.00 bits per heavy atom. The van der Waals surface area contributed by atoms with E-state index in [1.807, 2.05) is 6.92 Å². The Hall–Kier alpha value is -2.70. The molecule has 0 bridgehead atoms. The number of hydrogen-bond acceptors (Lipinski definition) is 6. The summed E-state index contributed by atoms with van der Waals surface area (Å²) in [4.78, 5) is 36.2. The van der Waals surface area contributed by atoms with Crippen molar-refractivity contribution in [3.8, 4) is 0 Å². The van der Waals surface area contributed by atoms with Gasteiger partial charge in [0.2, 0.25) is 0 Å². The fourth-order valence-electron chi connectivity index (χ4n) is 2.34. The van der Waals surface area contributed by atoms with Crippen LogP contribution in [-0.4, -0.2) is 28.8 Å². The first-order valence-electron chi connectivity index (χ1n) is 6.96. The fraction of sp³-hybridized carbons (Fsp3) is 0.333. The van der Waals surface area contributed by atoms with Gasteiger partial charge in [-0.25, -0.2) is 9.78 Å². The van der Waals surface area contributed by atoms with Crippen molar-refractivity contribution in [1.82, 2.24) is 9.97 Å². The zero-order chi connectivity index (χ0) is 15.7. The number of esters is 1. The Bertz CT molecular complexity index is 825. The minimum absolute atomic E-state index is 0.273. The maximum absolute atomic E-state index is 12.2. The van der Waals surface area contributed by atoms with Crippen LogP contribution >= 0.6 is 0 Å². The van der Waals surface area contributed by atoms with Crippen LogP contribution in [0.5, 0.6) is 0 Å². The molecule has 0 aliphatic carbocycles. The van der Waals surface area contributed by atoms with Gasteiger partial charge in [-0.2, -0.15) is 0 Å². The molecule has 0 saturated carbocycles. The standard InChI is InChI=1S/C15H15N3O4/c1-3-9-7-12(22-18-9)13-16-11-6-8(15(20)21-2)4-5-10(11)14(19)17-13/h4-6,12H,3,7H2,1-2H3,(H,16,17,19). The summed E-state index contributed by atoms with van der Waals surface area (Å²) in [7, 11) is 1.30. The van der Waals surface area contributed by atoms with E-state index in [9.17, 15) is 9.59 Å². The molecule has 114 valence electrons. The lowest BCUT2D eigenvalue weighted by molar-refractivity contribution is 0.0601. The topological polar surface area (TPSA) is 93.6 Å². The molecule has 1 N–H and O–H groups in total. The monoisotopic (exact) mass is 301 g/mol. The third-order valence-electron chi connectivity index (χ3n) is 3.59. The molecule has 0 saturated heterocycles. The van der Waals surface area contributed by atoms with Crippen LogP contribution in [0.15, 0.2) is 28.1 Å². The Balaban J connectivity index is 2.03. The normalized spacial score (nSPS) is 17.2. The molecule has 1 aliphatic rings. The Kier molecular flexibility index (Phi) is 3.62. The van der Waals surface area contributed by atoms with E-state index in [1.165, 1.54) is 19.2 Å². The van der Waals surface area contributed by atoms with Crippen molar-refractivity contribution in [2.45, 2.75) is 25.9 Å². The highest BCUT2D eigenvalue weighted by atomic mass is 16.6. The quantitative estimate of drug-likeness (QED) is 0.874. The minimum atomic E-state index is -0.473. The van der Waals surface area contributed by atoms with Crippen LogP contribution in [0.1, 0.15) is 42.1 Å². The predicted molar refractivity (Wildman–Crippen MR) is 79.9 cm³/mol. The first kappa shape index (κ1) is 14.2. The molecule has 1 atom stereocenters. The average molecular weight is 301 g/mol. The smallest absolute Gasteiger partial charge is 0.337 e. The van der Waals surface area contributed by atoms with Crippen molar-refractivity contribution in [2.24, 2.45) is 5.16 Å². The molecule has 1 aliphatic heterocycles. The third kappa shape index (κ3) is 2.45. The van der Waals surface area contributed by atoms with E-state index in [-0.39, 0.29) is 5.56 Å². The number of fused-ring (bicyclic) bond motifs is 1. The van der Waals surface area contributed by atoms with Gasteiger partial charge in [-0.1, -0.05) is 12.1 Å². The summed E-state index contributed by atoms with van der Waals surface area (Å²) in [5, 5.41) is 4.37. The zero-order valence-corrected chi connectivity index (χ0v) is 12.3. The number of benzene rings is 1. The number of oxime groups is 1. The average Bonchev–Trinajstić information content (AvgIpc) is 3.02. The highest BCUT2D eigenvalue weighted by Crippen LogP contribution is 2.26. The summed E-state index contributed by atoms with van der Waals surface area (Å²) >= 11 is 0. The van der Waals surface area contributed by atoms with Crippen molar-refractivity contribution in [1.29, 1.82) is 0 Å². The molecule has 3 rings (SSSR count). The molecule has 0 fully saturated rings. The van der Waals surface area contributed by atoms with Crippen molar-refractivity contribution in [2.75, 3.05) is 7.11 Å². The van der Waals surface area contributed by atoms with Gasteiger partial charge in [0, 0.05) is 6.42 Å². The van der Waals surface area contributed by atoms with Gasteiger partial charge in [0.25, 0.3) is 5.56 Å². The van der Waals surface area contributed by atoms with Crippen LogP contribution in [-0.2, 0) is 9.57 Å². The molecule has 22 heavy (non-hydrogen) atoms. The van der Waals surface area contributed by atoms with Gasteiger partial charge in [0.15, 0.2) is 11.9 Å². The first-order chi connectivity index (χ1) is 10.6.